The number of carbonyl (C=O) groups excluding carboxylic acids is 2. The minimum atomic E-state index is -0.577. The van der Waals surface area contributed by atoms with Crippen LogP contribution in [-0.2, 0) is 6.54 Å². The van der Waals surface area contributed by atoms with Crippen LogP contribution in [0.5, 0.6) is 0 Å². The molecule has 5 rings (SSSR count). The molecule has 0 spiro atoms. The molecule has 0 aliphatic carbocycles. The zero-order valence-electron chi connectivity index (χ0n) is 19.8. The number of carbonyl (C=O) groups is 2. The van der Waals surface area contributed by atoms with Crippen molar-refractivity contribution in [3.8, 4) is 0 Å². The topological polar surface area (TPSA) is 85.4 Å². The van der Waals surface area contributed by atoms with Crippen LogP contribution in [0.2, 0.25) is 0 Å². The summed E-state index contributed by atoms with van der Waals surface area (Å²) >= 11 is 0. The van der Waals surface area contributed by atoms with Gasteiger partial charge in [-0.2, -0.15) is 0 Å². The number of benzene rings is 1. The monoisotopic (exact) mass is 444 g/mol. The summed E-state index contributed by atoms with van der Waals surface area (Å²) in [6.45, 7) is 13.4. The minimum absolute atomic E-state index is 0.0681. The summed E-state index contributed by atoms with van der Waals surface area (Å²) in [5.41, 5.74) is 4.71. The van der Waals surface area contributed by atoms with Gasteiger partial charge in [-0.25, -0.2) is 14.5 Å². The van der Waals surface area contributed by atoms with Gasteiger partial charge in [0.1, 0.15) is 18.0 Å². The number of nitrogens with zero attached hydrogens (tertiary/aromatic N) is 6. The van der Waals surface area contributed by atoms with E-state index in [0.29, 0.717) is 28.5 Å². The van der Waals surface area contributed by atoms with Crippen LogP contribution in [0.25, 0.3) is 16.7 Å². The lowest BCUT2D eigenvalue weighted by Crippen LogP contribution is -2.37. The van der Waals surface area contributed by atoms with Crippen molar-refractivity contribution in [1.29, 1.82) is 0 Å². The Morgan fingerprint density at radius 3 is 2.15 bits per heavy atom. The van der Waals surface area contributed by atoms with E-state index < -0.39 is 6.04 Å². The second-order valence-corrected chi connectivity index (χ2v) is 9.61. The highest BCUT2D eigenvalue weighted by atomic mass is 16.2. The molecule has 8 heteroatoms. The van der Waals surface area contributed by atoms with Crippen LogP contribution in [0.15, 0.2) is 30.6 Å². The largest absolute Gasteiger partial charge is 0.329 e. The van der Waals surface area contributed by atoms with E-state index in [9.17, 15) is 9.59 Å². The minimum Gasteiger partial charge on any atom is -0.329 e. The number of hydrogen-bond donors (Lipinski definition) is 0. The average molecular weight is 445 g/mol. The van der Waals surface area contributed by atoms with Crippen molar-refractivity contribution >= 4 is 28.5 Å². The molecule has 2 amide bonds. The second-order valence-electron chi connectivity index (χ2n) is 9.61. The van der Waals surface area contributed by atoms with Crippen LogP contribution < -0.4 is 0 Å². The van der Waals surface area contributed by atoms with Gasteiger partial charge in [0.2, 0.25) is 0 Å². The molecule has 1 aliphatic rings. The molecule has 1 atom stereocenters. The first-order chi connectivity index (χ1) is 15.7. The van der Waals surface area contributed by atoms with Crippen LogP contribution in [0.4, 0.5) is 0 Å². The van der Waals surface area contributed by atoms with Crippen molar-refractivity contribution in [3.05, 3.63) is 58.8 Å². The van der Waals surface area contributed by atoms with E-state index in [4.69, 9.17) is 9.97 Å². The van der Waals surface area contributed by atoms with Gasteiger partial charge in [-0.3, -0.25) is 14.5 Å². The third-order valence-electron chi connectivity index (χ3n) is 6.51. The molecule has 0 radical (unpaired) electrons. The maximum Gasteiger partial charge on any atom is 0.262 e. The van der Waals surface area contributed by atoms with Crippen LogP contribution in [0, 0.1) is 25.7 Å². The highest BCUT2D eigenvalue weighted by Gasteiger charge is 2.43. The Bertz CT molecular complexity index is 1390. The summed E-state index contributed by atoms with van der Waals surface area (Å²) in [6.07, 6.45) is 1.67. The number of aromatic nitrogens is 5. The zero-order valence-corrected chi connectivity index (χ0v) is 19.8. The van der Waals surface area contributed by atoms with Crippen molar-refractivity contribution in [2.45, 2.75) is 54.1 Å². The molecule has 4 heterocycles. The molecule has 0 fully saturated rings. The first-order valence-electron chi connectivity index (χ1n) is 11.4. The molecular weight excluding hydrogens is 416 g/mol. The number of hydrogen-bond acceptors (Lipinski definition) is 5. The number of aryl methyl sites for hydroxylation is 1. The third-order valence-corrected chi connectivity index (χ3v) is 6.51. The van der Waals surface area contributed by atoms with Crippen LogP contribution >= 0.6 is 0 Å². The van der Waals surface area contributed by atoms with Gasteiger partial charge in [0.25, 0.3) is 11.8 Å². The van der Waals surface area contributed by atoms with E-state index in [2.05, 4.69) is 37.4 Å². The predicted octanol–water partition coefficient (Wildman–Crippen LogP) is 4.35. The van der Waals surface area contributed by atoms with Gasteiger partial charge in [0.05, 0.1) is 16.5 Å². The summed E-state index contributed by atoms with van der Waals surface area (Å²) in [4.78, 5) is 37.3. The van der Waals surface area contributed by atoms with Crippen LogP contribution in [0.1, 0.15) is 71.5 Å². The van der Waals surface area contributed by atoms with Gasteiger partial charge in [0, 0.05) is 12.2 Å². The van der Waals surface area contributed by atoms with Crippen molar-refractivity contribution < 1.29 is 9.59 Å². The Morgan fingerprint density at radius 1 is 0.939 bits per heavy atom. The molecule has 0 saturated heterocycles. The Hall–Kier alpha value is -3.55. The van der Waals surface area contributed by atoms with Crippen molar-refractivity contribution in [2.24, 2.45) is 11.8 Å². The molecule has 170 valence electrons. The Labute approximate surface area is 192 Å². The number of rotatable bonds is 5. The van der Waals surface area contributed by atoms with Gasteiger partial charge < -0.3 is 4.57 Å². The highest BCUT2D eigenvalue weighted by Crippen LogP contribution is 2.36. The van der Waals surface area contributed by atoms with E-state index in [1.54, 1.807) is 35.1 Å². The lowest BCUT2D eigenvalue weighted by atomic mass is 10.0. The van der Waals surface area contributed by atoms with Gasteiger partial charge in [-0.1, -0.05) is 39.8 Å². The zero-order chi connectivity index (χ0) is 23.6. The fourth-order valence-electron chi connectivity index (χ4n) is 4.83. The van der Waals surface area contributed by atoms with E-state index in [1.165, 1.54) is 4.90 Å². The van der Waals surface area contributed by atoms with E-state index in [1.807, 2.05) is 13.8 Å². The molecule has 0 bridgehead atoms. The van der Waals surface area contributed by atoms with E-state index in [0.717, 1.165) is 28.8 Å². The van der Waals surface area contributed by atoms with Crippen molar-refractivity contribution in [3.63, 3.8) is 0 Å². The molecule has 4 aromatic rings. The molecule has 1 aromatic carbocycles. The smallest absolute Gasteiger partial charge is 0.262 e. The Kier molecular flexibility index (Phi) is 4.84. The van der Waals surface area contributed by atoms with Gasteiger partial charge in [-0.05, 0) is 43.4 Å². The van der Waals surface area contributed by atoms with Gasteiger partial charge in [0.15, 0.2) is 11.5 Å². The summed E-state index contributed by atoms with van der Waals surface area (Å²) in [6, 6.07) is 6.36. The third kappa shape index (κ3) is 3.08. The normalized spacial score (nSPS) is 15.0. The van der Waals surface area contributed by atoms with E-state index >= 15 is 0 Å². The fraction of sp³-hybridized carbons (Fsp3) is 0.400. The molecule has 33 heavy (non-hydrogen) atoms. The van der Waals surface area contributed by atoms with Crippen molar-refractivity contribution in [2.75, 3.05) is 0 Å². The summed E-state index contributed by atoms with van der Waals surface area (Å²) in [7, 11) is 0. The number of amides is 2. The molecule has 0 N–H and O–H groups in total. The fourth-order valence-corrected chi connectivity index (χ4v) is 4.83. The highest BCUT2D eigenvalue weighted by molar-refractivity contribution is 6.21. The SMILES string of the molecule is Cc1c(C)n(CC(C)C)c2ncn3nc(C(C(C)C)N4C(=O)c5ccccc5C4=O)nc3c12. The first kappa shape index (κ1) is 21.3. The first-order valence-corrected chi connectivity index (χ1v) is 11.4. The van der Waals surface area contributed by atoms with Crippen LogP contribution in [-0.4, -0.2) is 40.9 Å². The average Bonchev–Trinajstić information content (AvgIpc) is 3.38. The molecule has 1 aliphatic heterocycles. The molecule has 3 aromatic heterocycles. The van der Waals surface area contributed by atoms with Gasteiger partial charge >= 0.3 is 0 Å². The second kappa shape index (κ2) is 7.50. The molecule has 0 saturated carbocycles. The Balaban J connectivity index is 1.67. The molecule has 8 nitrogen and oxygen atoms in total. The molecular formula is C25H28N6O2. The van der Waals surface area contributed by atoms with Crippen molar-refractivity contribution in [1.82, 2.24) is 29.0 Å². The lowest BCUT2D eigenvalue weighted by molar-refractivity contribution is 0.0529. The predicted molar refractivity (Wildman–Crippen MR) is 125 cm³/mol. The van der Waals surface area contributed by atoms with Crippen LogP contribution in [0.3, 0.4) is 0 Å². The summed E-state index contributed by atoms with van der Waals surface area (Å²) in [5.74, 6) is 0.256. The quantitative estimate of drug-likeness (QED) is 0.427. The lowest BCUT2D eigenvalue weighted by Gasteiger charge is -2.26. The van der Waals surface area contributed by atoms with Gasteiger partial charge in [-0.15, -0.1) is 5.10 Å². The standard InChI is InChI=1S/C25H28N6O2/c1-13(2)11-29-16(6)15(5)19-22(29)26-12-30-23(19)27-21(28-30)20(14(3)4)31-24(32)17-9-7-8-10-18(17)25(31)33/h7-10,12-14,20H,11H2,1-6H3. The number of fused-ring (bicyclic) bond motifs is 4. The maximum atomic E-state index is 13.2. The molecule has 1 unspecified atom stereocenters. The number of imide groups is 1. The summed E-state index contributed by atoms with van der Waals surface area (Å²) in [5, 5.41) is 5.65. The maximum absolute atomic E-state index is 13.2. The summed E-state index contributed by atoms with van der Waals surface area (Å²) < 4.78 is 3.89. The Morgan fingerprint density at radius 2 is 1.58 bits per heavy atom. The van der Waals surface area contributed by atoms with E-state index in [-0.39, 0.29) is 17.7 Å².